The summed E-state index contributed by atoms with van der Waals surface area (Å²) >= 11 is 0. The molecule has 0 aliphatic heterocycles. The molecule has 0 unspecified atom stereocenters. The standard InChI is InChI=1S/C20H27N/c1-14(2)15-6-8-17-16(12-15)7-9-18-19(3,13-21)10-5-11-20(17,18)4/h6,8,12,14,18H,5,7,9-11H2,1-4H3/t18-,19+,20-/m0/s1. The average Bonchev–Trinajstić information content (AvgIpc) is 2.46. The van der Waals surface area contributed by atoms with E-state index in [1.54, 1.807) is 5.56 Å². The first-order valence-corrected chi connectivity index (χ1v) is 8.45. The predicted octanol–water partition coefficient (Wildman–Crippen LogP) is 5.34. The lowest BCUT2D eigenvalue weighted by Gasteiger charge is -2.53. The van der Waals surface area contributed by atoms with Gasteiger partial charge >= 0.3 is 0 Å². The molecule has 0 saturated heterocycles. The zero-order chi connectivity index (χ0) is 15.3. The normalized spacial score (nSPS) is 35.0. The average molecular weight is 281 g/mol. The van der Waals surface area contributed by atoms with Crippen LogP contribution in [0, 0.1) is 22.7 Å². The van der Waals surface area contributed by atoms with Crippen LogP contribution in [0.2, 0.25) is 0 Å². The Balaban J connectivity index is 2.08. The Hall–Kier alpha value is -1.29. The molecule has 0 N–H and O–H groups in total. The summed E-state index contributed by atoms with van der Waals surface area (Å²) in [5.74, 6) is 1.11. The summed E-state index contributed by atoms with van der Waals surface area (Å²) in [5.41, 5.74) is 4.59. The van der Waals surface area contributed by atoms with Gasteiger partial charge in [-0.3, -0.25) is 0 Å². The summed E-state index contributed by atoms with van der Waals surface area (Å²) in [4.78, 5) is 0. The number of benzene rings is 1. The van der Waals surface area contributed by atoms with Crippen molar-refractivity contribution >= 4 is 0 Å². The molecule has 1 saturated carbocycles. The molecule has 3 atom stereocenters. The van der Waals surface area contributed by atoms with Crippen LogP contribution in [0.1, 0.15) is 76.0 Å². The fourth-order valence-corrected chi connectivity index (χ4v) is 5.00. The molecule has 21 heavy (non-hydrogen) atoms. The minimum absolute atomic E-state index is 0.137. The van der Waals surface area contributed by atoms with Gasteiger partial charge in [0.05, 0.1) is 11.5 Å². The van der Waals surface area contributed by atoms with Gasteiger partial charge < -0.3 is 0 Å². The Kier molecular flexibility index (Phi) is 3.40. The van der Waals surface area contributed by atoms with E-state index < -0.39 is 0 Å². The molecule has 1 heteroatoms. The van der Waals surface area contributed by atoms with E-state index in [9.17, 15) is 5.26 Å². The van der Waals surface area contributed by atoms with Crippen LogP contribution in [0.4, 0.5) is 0 Å². The minimum Gasteiger partial charge on any atom is -0.198 e. The van der Waals surface area contributed by atoms with Crippen LogP contribution in [-0.4, -0.2) is 0 Å². The summed E-state index contributed by atoms with van der Waals surface area (Å²) in [5, 5.41) is 9.72. The van der Waals surface area contributed by atoms with Crippen LogP contribution in [-0.2, 0) is 11.8 Å². The number of hydrogen-bond acceptors (Lipinski definition) is 1. The summed E-state index contributed by atoms with van der Waals surface area (Å²) < 4.78 is 0. The van der Waals surface area contributed by atoms with Gasteiger partial charge in [-0.2, -0.15) is 5.26 Å². The summed E-state index contributed by atoms with van der Waals surface area (Å²) in [6, 6.07) is 9.79. The number of hydrogen-bond donors (Lipinski definition) is 0. The van der Waals surface area contributed by atoms with Crippen molar-refractivity contribution in [3.63, 3.8) is 0 Å². The van der Waals surface area contributed by atoms with Crippen molar-refractivity contribution in [3.8, 4) is 6.07 Å². The van der Waals surface area contributed by atoms with E-state index >= 15 is 0 Å². The van der Waals surface area contributed by atoms with Crippen molar-refractivity contribution in [1.29, 1.82) is 5.26 Å². The molecule has 3 rings (SSSR count). The lowest BCUT2D eigenvalue weighted by molar-refractivity contribution is 0.0688. The Morgan fingerprint density at radius 1 is 1.24 bits per heavy atom. The number of aryl methyl sites for hydroxylation is 1. The van der Waals surface area contributed by atoms with Crippen LogP contribution in [0.25, 0.3) is 0 Å². The van der Waals surface area contributed by atoms with Gasteiger partial charge in [-0.25, -0.2) is 0 Å². The molecular formula is C20H27N. The quantitative estimate of drug-likeness (QED) is 0.681. The fraction of sp³-hybridized carbons (Fsp3) is 0.650. The molecule has 1 fully saturated rings. The second kappa shape index (κ2) is 4.87. The van der Waals surface area contributed by atoms with Gasteiger partial charge in [0.15, 0.2) is 0 Å². The van der Waals surface area contributed by atoms with E-state index in [0.29, 0.717) is 11.8 Å². The minimum atomic E-state index is -0.137. The molecule has 112 valence electrons. The third-order valence-corrected chi connectivity index (χ3v) is 6.30. The van der Waals surface area contributed by atoms with Crippen LogP contribution < -0.4 is 0 Å². The van der Waals surface area contributed by atoms with Gasteiger partial charge in [-0.15, -0.1) is 0 Å². The van der Waals surface area contributed by atoms with E-state index in [-0.39, 0.29) is 10.8 Å². The first-order valence-electron chi connectivity index (χ1n) is 8.45. The van der Waals surface area contributed by atoms with Crippen molar-refractivity contribution in [2.45, 2.75) is 71.1 Å². The second-order valence-electron chi connectivity index (χ2n) is 7.96. The molecule has 2 aliphatic carbocycles. The summed E-state index contributed by atoms with van der Waals surface area (Å²) in [7, 11) is 0. The van der Waals surface area contributed by atoms with Crippen LogP contribution >= 0.6 is 0 Å². The Bertz CT molecular complexity index is 594. The van der Waals surface area contributed by atoms with Gasteiger partial charge in [0, 0.05) is 0 Å². The zero-order valence-electron chi connectivity index (χ0n) is 13.9. The van der Waals surface area contributed by atoms with Crippen molar-refractivity contribution in [2.24, 2.45) is 11.3 Å². The summed E-state index contributed by atoms with van der Waals surface area (Å²) in [6.45, 7) is 9.15. The zero-order valence-corrected chi connectivity index (χ0v) is 13.9. The number of nitrogens with zero attached hydrogens (tertiary/aromatic N) is 1. The molecule has 1 aromatic rings. The molecule has 0 amide bonds. The smallest absolute Gasteiger partial charge is 0.0690 e. The van der Waals surface area contributed by atoms with E-state index in [2.05, 4.69) is 52.0 Å². The highest BCUT2D eigenvalue weighted by Crippen LogP contribution is 2.57. The molecule has 2 aliphatic rings. The van der Waals surface area contributed by atoms with Crippen LogP contribution in [0.3, 0.4) is 0 Å². The third kappa shape index (κ3) is 2.11. The molecule has 0 bridgehead atoms. The fourth-order valence-electron chi connectivity index (χ4n) is 5.00. The van der Waals surface area contributed by atoms with E-state index in [4.69, 9.17) is 0 Å². The van der Waals surface area contributed by atoms with Gasteiger partial charge in [0.1, 0.15) is 0 Å². The molecule has 0 heterocycles. The third-order valence-electron chi connectivity index (χ3n) is 6.30. The highest BCUT2D eigenvalue weighted by Gasteiger charge is 2.51. The van der Waals surface area contributed by atoms with Gasteiger partial charge in [0.2, 0.25) is 0 Å². The van der Waals surface area contributed by atoms with Gasteiger partial charge in [-0.05, 0) is 66.5 Å². The maximum absolute atomic E-state index is 9.72. The van der Waals surface area contributed by atoms with E-state index in [0.717, 1.165) is 12.8 Å². The van der Waals surface area contributed by atoms with E-state index in [1.165, 1.54) is 30.4 Å². The van der Waals surface area contributed by atoms with Crippen molar-refractivity contribution in [2.75, 3.05) is 0 Å². The van der Waals surface area contributed by atoms with Crippen molar-refractivity contribution in [1.82, 2.24) is 0 Å². The molecule has 0 aromatic heterocycles. The molecule has 0 radical (unpaired) electrons. The van der Waals surface area contributed by atoms with Crippen LogP contribution in [0.5, 0.6) is 0 Å². The van der Waals surface area contributed by atoms with Crippen molar-refractivity contribution in [3.05, 3.63) is 34.9 Å². The second-order valence-corrected chi connectivity index (χ2v) is 7.96. The Morgan fingerprint density at radius 3 is 2.67 bits per heavy atom. The monoisotopic (exact) mass is 281 g/mol. The predicted molar refractivity (Wildman–Crippen MR) is 87.3 cm³/mol. The number of fused-ring (bicyclic) bond motifs is 3. The Labute approximate surface area is 129 Å². The molecule has 1 nitrogen and oxygen atoms in total. The van der Waals surface area contributed by atoms with Gasteiger partial charge in [0.25, 0.3) is 0 Å². The highest BCUT2D eigenvalue weighted by molar-refractivity contribution is 5.42. The largest absolute Gasteiger partial charge is 0.198 e. The lowest BCUT2D eigenvalue weighted by atomic mass is 9.50. The maximum atomic E-state index is 9.72. The Morgan fingerprint density at radius 2 is 2.00 bits per heavy atom. The number of nitriles is 1. The maximum Gasteiger partial charge on any atom is 0.0690 e. The molecular weight excluding hydrogens is 254 g/mol. The van der Waals surface area contributed by atoms with E-state index in [1.807, 2.05) is 0 Å². The SMILES string of the molecule is CC(C)c1ccc2c(c1)CC[C@H]1[C@@](C)(C#N)CCC[C@@]21C. The lowest BCUT2D eigenvalue weighted by Crippen LogP contribution is -2.48. The van der Waals surface area contributed by atoms with Crippen LogP contribution in [0.15, 0.2) is 18.2 Å². The molecule has 0 spiro atoms. The molecule has 1 aromatic carbocycles. The summed E-state index contributed by atoms with van der Waals surface area (Å²) in [6.07, 6.45) is 5.82. The van der Waals surface area contributed by atoms with Gasteiger partial charge in [-0.1, -0.05) is 45.4 Å². The highest BCUT2D eigenvalue weighted by atomic mass is 14.6. The topological polar surface area (TPSA) is 23.8 Å². The first-order chi connectivity index (χ1) is 9.90. The first kappa shape index (κ1) is 14.6. The number of rotatable bonds is 1. The van der Waals surface area contributed by atoms with Crippen molar-refractivity contribution < 1.29 is 0 Å².